The average molecular weight is 277 g/mol. The minimum atomic E-state index is 0.260. The van der Waals surface area contributed by atoms with Gasteiger partial charge in [-0.1, -0.05) is 39.0 Å². The lowest BCUT2D eigenvalue weighted by molar-refractivity contribution is 0.477. The van der Waals surface area contributed by atoms with Crippen LogP contribution in [-0.4, -0.2) is 17.5 Å². The van der Waals surface area contributed by atoms with Crippen LogP contribution in [0.5, 0.6) is 0 Å². The first-order chi connectivity index (χ1) is 8.90. The maximum Gasteiger partial charge on any atom is 0.137 e. The third-order valence-corrected chi connectivity index (χ3v) is 4.50. The van der Waals surface area contributed by atoms with E-state index < -0.39 is 0 Å². The molecule has 2 nitrogen and oxygen atoms in total. The second-order valence-electron chi connectivity index (χ2n) is 5.91. The van der Waals surface area contributed by atoms with Crippen molar-refractivity contribution in [1.82, 2.24) is 5.32 Å². The summed E-state index contributed by atoms with van der Waals surface area (Å²) in [5.74, 6) is 2.04. The Morgan fingerprint density at radius 2 is 2.05 bits per heavy atom. The first kappa shape index (κ1) is 14.5. The largest absolute Gasteiger partial charge is 0.459 e. The van der Waals surface area contributed by atoms with E-state index in [2.05, 4.69) is 57.3 Å². The monoisotopic (exact) mass is 277 g/mol. The summed E-state index contributed by atoms with van der Waals surface area (Å²) in [4.78, 5) is 0. The summed E-state index contributed by atoms with van der Waals surface area (Å²) < 4.78 is 6.32. The SMILES string of the molecule is CNC(CSC(C)(C)C)c1cc2cccc(C)c2o1. The van der Waals surface area contributed by atoms with Gasteiger partial charge in [0, 0.05) is 15.9 Å². The van der Waals surface area contributed by atoms with Crippen molar-refractivity contribution in [2.75, 3.05) is 12.8 Å². The van der Waals surface area contributed by atoms with Gasteiger partial charge in [-0.05, 0) is 25.6 Å². The van der Waals surface area contributed by atoms with E-state index in [0.29, 0.717) is 0 Å². The summed E-state index contributed by atoms with van der Waals surface area (Å²) in [6.45, 7) is 8.82. The normalized spacial score (nSPS) is 13.9. The zero-order chi connectivity index (χ0) is 14.0. The van der Waals surface area contributed by atoms with Crippen LogP contribution in [0.15, 0.2) is 28.7 Å². The molecule has 1 unspecified atom stereocenters. The summed E-state index contributed by atoms with van der Waals surface area (Å²) in [6, 6.07) is 8.70. The number of fused-ring (bicyclic) bond motifs is 1. The molecule has 0 bridgehead atoms. The summed E-state index contributed by atoms with van der Waals surface area (Å²) in [5, 5.41) is 4.55. The molecule has 1 N–H and O–H groups in total. The first-order valence-corrected chi connectivity index (χ1v) is 7.69. The minimum Gasteiger partial charge on any atom is -0.459 e. The highest BCUT2D eigenvalue weighted by Gasteiger charge is 2.19. The fourth-order valence-corrected chi connectivity index (χ4v) is 3.04. The van der Waals surface area contributed by atoms with Crippen molar-refractivity contribution in [3.63, 3.8) is 0 Å². The van der Waals surface area contributed by atoms with E-state index in [1.807, 2.05) is 18.8 Å². The Balaban J connectivity index is 2.23. The molecule has 1 atom stereocenters. The van der Waals surface area contributed by atoms with Gasteiger partial charge < -0.3 is 9.73 Å². The predicted octanol–water partition coefficient (Wildman–Crippen LogP) is 4.53. The number of aryl methyl sites for hydroxylation is 1. The van der Waals surface area contributed by atoms with Gasteiger partial charge in [0.1, 0.15) is 11.3 Å². The van der Waals surface area contributed by atoms with Crippen molar-refractivity contribution in [3.05, 3.63) is 35.6 Å². The number of hydrogen-bond donors (Lipinski definition) is 1. The first-order valence-electron chi connectivity index (χ1n) is 6.71. The molecule has 0 spiro atoms. The van der Waals surface area contributed by atoms with E-state index in [4.69, 9.17) is 4.42 Å². The Morgan fingerprint density at radius 3 is 2.63 bits per heavy atom. The quantitative estimate of drug-likeness (QED) is 0.888. The maximum absolute atomic E-state index is 6.04. The van der Waals surface area contributed by atoms with Gasteiger partial charge in [0.05, 0.1) is 6.04 Å². The van der Waals surface area contributed by atoms with Crippen molar-refractivity contribution in [2.24, 2.45) is 0 Å². The Bertz CT molecular complexity index is 553. The van der Waals surface area contributed by atoms with E-state index in [9.17, 15) is 0 Å². The van der Waals surface area contributed by atoms with Crippen molar-refractivity contribution in [3.8, 4) is 0 Å². The number of rotatable bonds is 4. The van der Waals surface area contributed by atoms with Crippen LogP contribution in [0.3, 0.4) is 0 Å². The van der Waals surface area contributed by atoms with E-state index in [1.54, 1.807) is 0 Å². The highest BCUT2D eigenvalue weighted by Crippen LogP contribution is 2.31. The summed E-state index contributed by atoms with van der Waals surface area (Å²) in [7, 11) is 1.99. The van der Waals surface area contributed by atoms with Crippen molar-refractivity contribution >= 4 is 22.7 Å². The molecular formula is C16H23NOS. The molecular weight excluding hydrogens is 254 g/mol. The molecule has 2 rings (SSSR count). The fraction of sp³-hybridized carbons (Fsp3) is 0.500. The topological polar surface area (TPSA) is 25.2 Å². The maximum atomic E-state index is 6.04. The highest BCUT2D eigenvalue weighted by atomic mass is 32.2. The molecule has 2 aromatic rings. The smallest absolute Gasteiger partial charge is 0.137 e. The second-order valence-corrected chi connectivity index (χ2v) is 7.75. The average Bonchev–Trinajstić information content (AvgIpc) is 2.73. The van der Waals surface area contributed by atoms with Gasteiger partial charge in [0.15, 0.2) is 0 Å². The summed E-state index contributed by atoms with van der Waals surface area (Å²) in [5.41, 5.74) is 2.21. The molecule has 1 aromatic carbocycles. The minimum absolute atomic E-state index is 0.260. The fourth-order valence-electron chi connectivity index (χ4n) is 2.04. The third-order valence-electron chi connectivity index (χ3n) is 3.13. The van der Waals surface area contributed by atoms with Gasteiger partial charge in [0.25, 0.3) is 0 Å². The molecule has 3 heteroatoms. The van der Waals surface area contributed by atoms with Crippen LogP contribution >= 0.6 is 11.8 Å². The van der Waals surface area contributed by atoms with Gasteiger partial charge >= 0.3 is 0 Å². The molecule has 0 saturated heterocycles. The Labute approximate surface area is 119 Å². The van der Waals surface area contributed by atoms with Crippen LogP contribution < -0.4 is 5.32 Å². The summed E-state index contributed by atoms with van der Waals surface area (Å²) >= 11 is 1.95. The Kier molecular flexibility index (Phi) is 4.26. The zero-order valence-corrected chi connectivity index (χ0v) is 13.2. The molecule has 0 aliphatic rings. The van der Waals surface area contributed by atoms with Crippen molar-refractivity contribution < 1.29 is 4.42 Å². The predicted molar refractivity (Wildman–Crippen MR) is 85.0 cm³/mol. The van der Waals surface area contributed by atoms with Gasteiger partial charge in [-0.2, -0.15) is 11.8 Å². The molecule has 0 fully saturated rings. The van der Waals surface area contributed by atoms with Crippen LogP contribution in [0.1, 0.15) is 38.1 Å². The van der Waals surface area contributed by atoms with Crippen LogP contribution in [0.4, 0.5) is 0 Å². The van der Waals surface area contributed by atoms with Gasteiger partial charge in [0.2, 0.25) is 0 Å². The summed E-state index contributed by atoms with van der Waals surface area (Å²) in [6.07, 6.45) is 0. The van der Waals surface area contributed by atoms with Gasteiger partial charge in [-0.25, -0.2) is 0 Å². The molecule has 1 aromatic heterocycles. The lowest BCUT2D eigenvalue weighted by atomic mass is 10.1. The molecule has 0 amide bonds. The van der Waals surface area contributed by atoms with E-state index in [0.717, 1.165) is 17.1 Å². The van der Waals surface area contributed by atoms with Crippen LogP contribution in [0.2, 0.25) is 0 Å². The second kappa shape index (κ2) is 5.59. The lowest BCUT2D eigenvalue weighted by Gasteiger charge is -2.21. The zero-order valence-electron chi connectivity index (χ0n) is 12.4. The molecule has 104 valence electrons. The van der Waals surface area contributed by atoms with Gasteiger partial charge in [-0.15, -0.1) is 0 Å². The molecule has 19 heavy (non-hydrogen) atoms. The van der Waals surface area contributed by atoms with Crippen LogP contribution in [-0.2, 0) is 0 Å². The van der Waals surface area contributed by atoms with E-state index >= 15 is 0 Å². The van der Waals surface area contributed by atoms with E-state index in [-0.39, 0.29) is 10.8 Å². The molecule has 0 aliphatic carbocycles. The van der Waals surface area contributed by atoms with Crippen LogP contribution in [0, 0.1) is 6.92 Å². The standard InChI is InChI=1S/C16H23NOS/c1-11-7-6-8-12-9-14(18-15(11)12)13(17-5)10-19-16(2,3)4/h6-9,13,17H,10H2,1-5H3. The Morgan fingerprint density at radius 1 is 1.32 bits per heavy atom. The van der Waals surface area contributed by atoms with Crippen molar-refractivity contribution in [2.45, 2.75) is 38.5 Å². The molecule has 0 aliphatic heterocycles. The van der Waals surface area contributed by atoms with Gasteiger partial charge in [-0.3, -0.25) is 0 Å². The number of thioether (sulfide) groups is 1. The third kappa shape index (κ3) is 3.54. The Hall–Kier alpha value is -0.930. The molecule has 0 radical (unpaired) electrons. The van der Waals surface area contributed by atoms with Crippen molar-refractivity contribution in [1.29, 1.82) is 0 Å². The van der Waals surface area contributed by atoms with Crippen LogP contribution in [0.25, 0.3) is 11.0 Å². The molecule has 0 saturated carbocycles. The number of para-hydroxylation sites is 1. The molecule has 1 heterocycles. The highest BCUT2D eigenvalue weighted by molar-refractivity contribution is 8.00. The number of hydrogen-bond acceptors (Lipinski definition) is 3. The van der Waals surface area contributed by atoms with E-state index in [1.165, 1.54) is 10.9 Å². The number of furan rings is 1. The number of nitrogens with one attached hydrogen (secondary N) is 1. The number of benzene rings is 1. The lowest BCUT2D eigenvalue weighted by Crippen LogP contribution is -2.21.